The van der Waals surface area contributed by atoms with Crippen molar-refractivity contribution in [2.45, 2.75) is 18.7 Å². The second-order valence-electron chi connectivity index (χ2n) is 7.48. The number of hydrogen-bond donors (Lipinski definition) is 0. The summed E-state index contributed by atoms with van der Waals surface area (Å²) in [4.78, 5) is 2.22. The molecule has 2 heterocycles. The number of tetrazole rings is 1. The molecule has 0 amide bonds. The third kappa shape index (κ3) is 4.77. The fourth-order valence-electron chi connectivity index (χ4n) is 3.84. The van der Waals surface area contributed by atoms with Gasteiger partial charge in [-0.25, -0.2) is 8.42 Å². The fourth-order valence-corrected chi connectivity index (χ4v) is 5.39. The lowest BCUT2D eigenvalue weighted by molar-refractivity contribution is 0.318. The predicted molar refractivity (Wildman–Crippen MR) is 125 cm³/mol. The van der Waals surface area contributed by atoms with Crippen LogP contribution in [0, 0.1) is 0 Å². The van der Waals surface area contributed by atoms with E-state index in [1.54, 1.807) is 20.1 Å². The molecule has 0 atom stereocenters. The number of anilines is 1. The molecule has 1 fully saturated rings. The lowest BCUT2D eigenvalue weighted by Gasteiger charge is -2.35. The van der Waals surface area contributed by atoms with Gasteiger partial charge in [0.15, 0.2) is 0 Å². The van der Waals surface area contributed by atoms with Gasteiger partial charge >= 0.3 is 0 Å². The molecule has 1 aromatic heterocycles. The Bertz CT molecular complexity index is 1190. The number of aromatic nitrogens is 4. The molecule has 1 aliphatic rings. The Morgan fingerprint density at radius 1 is 0.941 bits per heavy atom. The summed E-state index contributed by atoms with van der Waals surface area (Å²) in [7, 11) is -2.21. The summed E-state index contributed by atoms with van der Waals surface area (Å²) in [5, 5.41) is 11.2. The van der Waals surface area contributed by atoms with Gasteiger partial charge in [0.05, 0.1) is 20.3 Å². The number of nitrogens with zero attached hydrogens (tertiary/aromatic N) is 6. The van der Waals surface area contributed by atoms with Gasteiger partial charge in [-0.15, -0.1) is 5.10 Å². The number of hydrogen-bond acceptors (Lipinski definition) is 9. The van der Waals surface area contributed by atoms with E-state index in [9.17, 15) is 8.42 Å². The van der Waals surface area contributed by atoms with Gasteiger partial charge in [0.25, 0.3) is 0 Å². The molecule has 0 radical (unpaired) electrons. The maximum atomic E-state index is 13.7. The van der Waals surface area contributed by atoms with Crippen LogP contribution in [0.3, 0.4) is 0 Å². The van der Waals surface area contributed by atoms with Crippen molar-refractivity contribution >= 4 is 15.7 Å². The maximum absolute atomic E-state index is 13.7. The molecule has 0 bridgehead atoms. The highest BCUT2D eigenvalue weighted by atomic mass is 32.2. The third-order valence-electron chi connectivity index (χ3n) is 5.51. The van der Waals surface area contributed by atoms with E-state index in [1.165, 1.54) is 21.4 Å². The molecule has 34 heavy (non-hydrogen) atoms. The molecule has 1 saturated heterocycles. The summed E-state index contributed by atoms with van der Waals surface area (Å²) >= 11 is 0. The first kappa shape index (κ1) is 23.8. The number of methoxy groups -OCH3 is 1. The average molecular weight is 489 g/mol. The molecule has 2 aromatic carbocycles. The van der Waals surface area contributed by atoms with Crippen LogP contribution < -0.4 is 19.1 Å². The molecule has 4 rings (SSSR count). The predicted octanol–water partition coefficient (Wildman–Crippen LogP) is 1.98. The van der Waals surface area contributed by atoms with Gasteiger partial charge in [-0.2, -0.15) is 8.99 Å². The zero-order chi connectivity index (χ0) is 24.1. The molecule has 1 aliphatic heterocycles. The van der Waals surface area contributed by atoms with Crippen LogP contribution in [0.5, 0.6) is 17.2 Å². The molecule has 182 valence electrons. The Labute approximate surface area is 198 Å². The summed E-state index contributed by atoms with van der Waals surface area (Å²) in [5.41, 5.74) is 1.52. The molecule has 11 nitrogen and oxygen atoms in total. The van der Waals surface area contributed by atoms with Gasteiger partial charge in [0.2, 0.25) is 10.0 Å². The van der Waals surface area contributed by atoms with Gasteiger partial charge in [-0.05, 0) is 48.5 Å². The molecular formula is C22H28N6O5S. The molecule has 0 saturated carbocycles. The fraction of sp³-hybridized carbons (Fsp3) is 0.409. The first-order valence-corrected chi connectivity index (χ1v) is 12.5. The Morgan fingerprint density at radius 3 is 2.21 bits per heavy atom. The van der Waals surface area contributed by atoms with Crippen LogP contribution in [0.4, 0.5) is 5.69 Å². The minimum absolute atomic E-state index is 0.0625. The molecule has 0 aliphatic carbocycles. The van der Waals surface area contributed by atoms with Gasteiger partial charge < -0.3 is 19.1 Å². The highest BCUT2D eigenvalue weighted by Crippen LogP contribution is 2.36. The van der Waals surface area contributed by atoms with E-state index in [2.05, 4.69) is 20.4 Å². The molecule has 0 N–H and O–H groups in total. The summed E-state index contributed by atoms with van der Waals surface area (Å²) in [6, 6.07) is 10.8. The van der Waals surface area contributed by atoms with Crippen LogP contribution in [0.15, 0.2) is 47.6 Å². The Balaban J connectivity index is 1.61. The number of sulfonamides is 1. The number of ether oxygens (including phenoxy) is 3. The van der Waals surface area contributed by atoms with Crippen LogP contribution >= 0.6 is 0 Å². The lowest BCUT2D eigenvalue weighted by Crippen LogP contribution is -2.48. The topological polar surface area (TPSA) is 112 Å². The zero-order valence-corrected chi connectivity index (χ0v) is 20.2. The molecule has 12 heteroatoms. The normalized spacial score (nSPS) is 14.7. The zero-order valence-electron chi connectivity index (χ0n) is 19.4. The van der Waals surface area contributed by atoms with Crippen LogP contribution in [0.1, 0.15) is 13.8 Å². The highest BCUT2D eigenvalue weighted by molar-refractivity contribution is 7.89. The van der Waals surface area contributed by atoms with E-state index >= 15 is 0 Å². The molecule has 0 unspecified atom stereocenters. The van der Waals surface area contributed by atoms with E-state index in [0.717, 1.165) is 11.4 Å². The van der Waals surface area contributed by atoms with Crippen molar-refractivity contribution in [2.24, 2.45) is 0 Å². The van der Waals surface area contributed by atoms with Crippen molar-refractivity contribution in [2.75, 3.05) is 51.4 Å². The van der Waals surface area contributed by atoms with Crippen molar-refractivity contribution < 1.29 is 22.6 Å². The largest absolute Gasteiger partial charge is 0.497 e. The molecule has 3 aromatic rings. The van der Waals surface area contributed by atoms with Gasteiger partial charge in [0.1, 0.15) is 34.2 Å². The quantitative estimate of drug-likeness (QED) is 0.446. The van der Waals surface area contributed by atoms with Gasteiger partial charge in [0, 0.05) is 44.0 Å². The standard InChI is InChI=1S/C22H28N6O5S/c1-4-32-20-15-22(21(33-5-2)14-19(20)28-16-23-24-25-28)34(29,30)27-12-10-26(11-13-27)17-6-8-18(31-3)9-7-17/h6-9,14-16H,4-5,10-13H2,1-3H3. The van der Waals surface area contributed by atoms with Crippen LogP contribution in [0.25, 0.3) is 5.69 Å². The highest BCUT2D eigenvalue weighted by Gasteiger charge is 2.32. The summed E-state index contributed by atoms with van der Waals surface area (Å²) < 4.78 is 46.9. The smallest absolute Gasteiger partial charge is 0.247 e. The molecule has 0 spiro atoms. The van der Waals surface area contributed by atoms with Crippen LogP contribution in [0.2, 0.25) is 0 Å². The Morgan fingerprint density at radius 2 is 1.62 bits per heavy atom. The van der Waals surface area contributed by atoms with Gasteiger partial charge in [-0.3, -0.25) is 0 Å². The van der Waals surface area contributed by atoms with Crippen molar-refractivity contribution in [1.82, 2.24) is 24.5 Å². The van der Waals surface area contributed by atoms with Crippen LogP contribution in [-0.4, -0.2) is 79.4 Å². The first-order valence-electron chi connectivity index (χ1n) is 11.0. The Hall–Kier alpha value is -3.38. The van der Waals surface area contributed by atoms with E-state index in [-0.39, 0.29) is 10.6 Å². The first-order chi connectivity index (χ1) is 16.5. The van der Waals surface area contributed by atoms with Crippen molar-refractivity contribution in [3.63, 3.8) is 0 Å². The van der Waals surface area contributed by atoms with Crippen molar-refractivity contribution in [3.8, 4) is 22.9 Å². The summed E-state index contributed by atoms with van der Waals surface area (Å²) in [5.74, 6) is 1.37. The lowest BCUT2D eigenvalue weighted by atomic mass is 10.2. The summed E-state index contributed by atoms with van der Waals surface area (Å²) in [6.07, 6.45) is 1.42. The van der Waals surface area contributed by atoms with E-state index in [0.29, 0.717) is 50.8 Å². The average Bonchev–Trinajstić information content (AvgIpc) is 3.40. The Kier molecular flexibility index (Phi) is 7.17. The minimum Gasteiger partial charge on any atom is -0.497 e. The molecular weight excluding hydrogens is 460 g/mol. The minimum atomic E-state index is -3.84. The third-order valence-corrected chi connectivity index (χ3v) is 7.43. The maximum Gasteiger partial charge on any atom is 0.247 e. The van der Waals surface area contributed by atoms with Crippen molar-refractivity contribution in [3.05, 3.63) is 42.7 Å². The second kappa shape index (κ2) is 10.3. The van der Waals surface area contributed by atoms with Crippen LogP contribution in [-0.2, 0) is 10.0 Å². The van der Waals surface area contributed by atoms with E-state index in [1.807, 2.05) is 31.2 Å². The van der Waals surface area contributed by atoms with Crippen molar-refractivity contribution in [1.29, 1.82) is 0 Å². The van der Waals surface area contributed by atoms with E-state index in [4.69, 9.17) is 14.2 Å². The number of benzene rings is 2. The monoisotopic (exact) mass is 488 g/mol. The second-order valence-corrected chi connectivity index (χ2v) is 9.38. The van der Waals surface area contributed by atoms with E-state index < -0.39 is 10.0 Å². The summed E-state index contributed by atoms with van der Waals surface area (Å²) in [6.45, 7) is 6.11. The number of rotatable bonds is 9. The van der Waals surface area contributed by atoms with Gasteiger partial charge in [-0.1, -0.05) is 0 Å². The number of piperazine rings is 1. The SMILES string of the molecule is CCOc1cc(S(=O)(=O)N2CCN(c3ccc(OC)cc3)CC2)c(OCC)cc1-n1cnnn1.